The van der Waals surface area contributed by atoms with Gasteiger partial charge in [0, 0.05) is 25.1 Å². The maximum atomic E-state index is 12.0. The number of nitrogens with one attached hydrogen (secondary N) is 1. The molecule has 3 heterocycles. The Hall–Kier alpha value is -1.91. The Labute approximate surface area is 170 Å². The second-order valence-electron chi connectivity index (χ2n) is 7.45. The van der Waals surface area contributed by atoms with Gasteiger partial charge in [-0.05, 0) is 35.2 Å². The van der Waals surface area contributed by atoms with Crippen LogP contribution < -0.4 is 10.2 Å². The van der Waals surface area contributed by atoms with Gasteiger partial charge in [0.2, 0.25) is 0 Å². The molecule has 4 rings (SSSR count). The lowest BCUT2D eigenvalue weighted by molar-refractivity contribution is 0.116. The number of anilines is 2. The van der Waals surface area contributed by atoms with Crippen LogP contribution in [-0.2, 0) is 4.74 Å². The van der Waals surface area contributed by atoms with Crippen molar-refractivity contribution >= 4 is 39.3 Å². The van der Waals surface area contributed by atoms with Crippen LogP contribution in [0.5, 0.6) is 0 Å². The number of aliphatic hydroxyl groups excluding tert-OH is 1. The lowest BCUT2D eigenvalue weighted by Gasteiger charge is -2.29. The number of aromatic nitrogens is 3. The van der Waals surface area contributed by atoms with Crippen LogP contribution in [0.25, 0.3) is 5.65 Å². The minimum Gasteiger partial charge on any atom is -0.465 e. The molecule has 0 aromatic carbocycles. The van der Waals surface area contributed by atoms with Gasteiger partial charge in [0.05, 0.1) is 29.4 Å². The first-order valence-electron chi connectivity index (χ1n) is 9.60. The van der Waals surface area contributed by atoms with E-state index in [1.165, 1.54) is 9.42 Å². The number of amides is 1. The molecule has 1 amide bonds. The fourth-order valence-corrected chi connectivity index (χ4v) is 4.26. The second kappa shape index (κ2) is 8.22. The summed E-state index contributed by atoms with van der Waals surface area (Å²) in [4.78, 5) is 17.9. The molecule has 10 heteroatoms. The smallest absolute Gasteiger partial charge is 0.413 e. The van der Waals surface area contributed by atoms with Crippen molar-refractivity contribution in [1.29, 1.82) is 0 Å². The van der Waals surface area contributed by atoms with Gasteiger partial charge in [0.25, 0.3) is 0 Å². The highest BCUT2D eigenvalue weighted by Crippen LogP contribution is 2.29. The van der Waals surface area contributed by atoms with Crippen LogP contribution in [0.1, 0.15) is 32.1 Å². The van der Waals surface area contributed by atoms with E-state index in [0.717, 1.165) is 32.1 Å². The van der Waals surface area contributed by atoms with Gasteiger partial charge in [-0.25, -0.2) is 9.78 Å². The summed E-state index contributed by atoms with van der Waals surface area (Å²) in [6.45, 7) is 1.54. The number of ether oxygens (including phenoxy) is 1. The third kappa shape index (κ3) is 3.94. The van der Waals surface area contributed by atoms with Gasteiger partial charge in [0.1, 0.15) is 11.6 Å². The highest BCUT2D eigenvalue weighted by molar-refractivity contribution is 9.10. The number of hydrogen-bond acceptors (Lipinski definition) is 6. The number of carboxylic acid groups (broad SMARTS) is 1. The van der Waals surface area contributed by atoms with Gasteiger partial charge < -0.3 is 20.3 Å². The number of carbonyl (C=O) groups is 1. The molecule has 0 unspecified atom stereocenters. The molecule has 3 atom stereocenters. The second-order valence-corrected chi connectivity index (χ2v) is 8.31. The Balaban J connectivity index is 1.69. The molecule has 0 bridgehead atoms. The summed E-state index contributed by atoms with van der Waals surface area (Å²) in [5, 5.41) is 27.7. The molecule has 2 aromatic heterocycles. The summed E-state index contributed by atoms with van der Waals surface area (Å²) in [5.41, 5.74) is 0.527. The Kier molecular flexibility index (Phi) is 5.70. The number of aliphatic hydroxyl groups is 1. The van der Waals surface area contributed by atoms with Gasteiger partial charge >= 0.3 is 6.09 Å². The third-order valence-corrected chi connectivity index (χ3v) is 6.00. The highest BCUT2D eigenvalue weighted by Gasteiger charge is 2.28. The molecule has 2 aromatic rings. The lowest BCUT2D eigenvalue weighted by atomic mass is 9.92. The van der Waals surface area contributed by atoms with Crippen molar-refractivity contribution in [1.82, 2.24) is 14.6 Å². The summed E-state index contributed by atoms with van der Waals surface area (Å²) in [7, 11) is 0. The van der Waals surface area contributed by atoms with Crippen molar-refractivity contribution in [2.45, 2.75) is 44.2 Å². The van der Waals surface area contributed by atoms with Crippen molar-refractivity contribution in [2.24, 2.45) is 5.92 Å². The summed E-state index contributed by atoms with van der Waals surface area (Å²) in [6.07, 6.45) is 4.62. The van der Waals surface area contributed by atoms with E-state index in [1.54, 1.807) is 12.3 Å². The standard InChI is InChI=1S/C18H24BrN5O4/c19-12-8-20-24-16(23(18(26)27)9-11-5-6-28-10-11)7-15(22-17(12)24)21-13-3-1-2-4-14(13)25/h7-8,11,13-14,25H,1-6,9-10H2,(H,21,22)(H,26,27)/t11-,13-,14+/m0/s1. The summed E-state index contributed by atoms with van der Waals surface area (Å²) < 4.78 is 7.60. The average Bonchev–Trinajstić information content (AvgIpc) is 3.31. The predicted octanol–water partition coefficient (Wildman–Crippen LogP) is 2.73. The molecule has 2 fully saturated rings. The molecule has 9 nitrogen and oxygen atoms in total. The van der Waals surface area contributed by atoms with Crippen molar-refractivity contribution in [2.75, 3.05) is 30.0 Å². The Bertz CT molecular complexity index is 854. The van der Waals surface area contributed by atoms with E-state index in [2.05, 4.69) is 31.3 Å². The highest BCUT2D eigenvalue weighted by atomic mass is 79.9. The van der Waals surface area contributed by atoms with E-state index in [0.29, 0.717) is 41.5 Å². The molecular formula is C18H24BrN5O4. The van der Waals surface area contributed by atoms with E-state index >= 15 is 0 Å². The van der Waals surface area contributed by atoms with Gasteiger partial charge in [-0.15, -0.1) is 0 Å². The Morgan fingerprint density at radius 2 is 2.21 bits per heavy atom. The number of fused-ring (bicyclic) bond motifs is 1. The monoisotopic (exact) mass is 453 g/mol. The first kappa shape index (κ1) is 19.4. The van der Waals surface area contributed by atoms with Gasteiger partial charge in [-0.2, -0.15) is 9.61 Å². The quantitative estimate of drug-likeness (QED) is 0.637. The van der Waals surface area contributed by atoms with Gasteiger partial charge in [-0.1, -0.05) is 12.8 Å². The Morgan fingerprint density at radius 3 is 2.93 bits per heavy atom. The number of halogens is 1. The van der Waals surface area contributed by atoms with E-state index in [1.807, 2.05) is 0 Å². The molecule has 2 aliphatic rings. The maximum absolute atomic E-state index is 12.0. The number of hydrogen-bond donors (Lipinski definition) is 3. The van der Waals surface area contributed by atoms with E-state index < -0.39 is 12.2 Å². The largest absolute Gasteiger partial charge is 0.465 e. The molecular weight excluding hydrogens is 430 g/mol. The minimum absolute atomic E-state index is 0.0974. The molecule has 3 N–H and O–H groups in total. The molecule has 28 heavy (non-hydrogen) atoms. The zero-order valence-electron chi connectivity index (χ0n) is 15.4. The molecule has 1 saturated carbocycles. The summed E-state index contributed by atoms with van der Waals surface area (Å²) in [5.74, 6) is 1.10. The van der Waals surface area contributed by atoms with E-state index in [4.69, 9.17) is 4.74 Å². The van der Waals surface area contributed by atoms with E-state index in [9.17, 15) is 15.0 Å². The average molecular weight is 454 g/mol. The predicted molar refractivity (Wildman–Crippen MR) is 107 cm³/mol. The van der Waals surface area contributed by atoms with Crippen LogP contribution >= 0.6 is 15.9 Å². The first-order chi connectivity index (χ1) is 13.5. The molecule has 1 aliphatic heterocycles. The van der Waals surface area contributed by atoms with Crippen LogP contribution in [0.3, 0.4) is 0 Å². The summed E-state index contributed by atoms with van der Waals surface area (Å²) >= 11 is 3.44. The molecule has 0 spiro atoms. The van der Waals surface area contributed by atoms with Crippen LogP contribution in [-0.4, -0.2) is 62.8 Å². The van der Waals surface area contributed by atoms with Crippen LogP contribution in [0.2, 0.25) is 0 Å². The third-order valence-electron chi connectivity index (χ3n) is 5.44. The zero-order chi connectivity index (χ0) is 19.7. The normalized spacial score (nSPS) is 25.1. The minimum atomic E-state index is -1.05. The number of rotatable bonds is 5. The number of nitrogens with zero attached hydrogens (tertiary/aromatic N) is 4. The maximum Gasteiger partial charge on any atom is 0.413 e. The van der Waals surface area contributed by atoms with E-state index in [-0.39, 0.29) is 12.0 Å². The Morgan fingerprint density at radius 1 is 1.39 bits per heavy atom. The van der Waals surface area contributed by atoms with Crippen LogP contribution in [0, 0.1) is 5.92 Å². The fourth-order valence-electron chi connectivity index (χ4n) is 3.91. The molecule has 1 aliphatic carbocycles. The molecule has 152 valence electrons. The van der Waals surface area contributed by atoms with Gasteiger partial charge in [0.15, 0.2) is 5.65 Å². The SMILES string of the molecule is O=C(O)N(C[C@@H]1CCOC1)c1cc(N[C@H]2CCCC[C@H]2O)nc2c(Br)cnn12. The van der Waals surface area contributed by atoms with Crippen molar-refractivity contribution in [3.63, 3.8) is 0 Å². The van der Waals surface area contributed by atoms with Gasteiger partial charge in [-0.3, -0.25) is 4.90 Å². The zero-order valence-corrected chi connectivity index (χ0v) is 17.0. The molecule has 1 saturated heterocycles. The topological polar surface area (TPSA) is 112 Å². The lowest BCUT2D eigenvalue weighted by Crippen LogP contribution is -2.38. The van der Waals surface area contributed by atoms with Crippen LogP contribution in [0.15, 0.2) is 16.7 Å². The molecule has 0 radical (unpaired) electrons. The van der Waals surface area contributed by atoms with Crippen molar-refractivity contribution in [3.05, 3.63) is 16.7 Å². The fraction of sp³-hybridized carbons (Fsp3) is 0.611. The summed E-state index contributed by atoms with van der Waals surface area (Å²) in [6, 6.07) is 1.59. The van der Waals surface area contributed by atoms with Crippen LogP contribution in [0.4, 0.5) is 16.4 Å². The first-order valence-corrected chi connectivity index (χ1v) is 10.4. The van der Waals surface area contributed by atoms with Crippen molar-refractivity contribution in [3.8, 4) is 0 Å². The van der Waals surface area contributed by atoms with Crippen molar-refractivity contribution < 1.29 is 19.7 Å².